The van der Waals surface area contributed by atoms with Crippen LogP contribution in [0.5, 0.6) is 11.5 Å². The molecule has 5 nitrogen and oxygen atoms in total. The van der Waals surface area contributed by atoms with E-state index in [0.717, 1.165) is 22.4 Å². The van der Waals surface area contributed by atoms with Crippen molar-refractivity contribution in [3.63, 3.8) is 0 Å². The number of phenols is 1. The highest BCUT2D eigenvalue weighted by Gasteiger charge is 2.02. The topological polar surface area (TPSA) is 70.9 Å². The van der Waals surface area contributed by atoms with Gasteiger partial charge in [-0.15, -0.1) is 0 Å². The largest absolute Gasteiger partial charge is 0.508 e. The molecular weight excluding hydrogens is 340 g/mol. The SMILES string of the molecule is O=C(Cc1ccc(O)cc1)N/N=C\c1ccc(OCc2ccccc2)cc1. The lowest BCUT2D eigenvalue weighted by atomic mass is 10.1. The van der Waals surface area contributed by atoms with E-state index in [1.807, 2.05) is 54.6 Å². The molecule has 1 amide bonds. The number of ether oxygens (including phenoxy) is 1. The lowest BCUT2D eigenvalue weighted by Gasteiger charge is -2.06. The molecule has 0 radical (unpaired) electrons. The Kier molecular flexibility index (Phi) is 6.20. The molecule has 0 spiro atoms. The Labute approximate surface area is 157 Å². The second-order valence-corrected chi connectivity index (χ2v) is 5.98. The van der Waals surface area contributed by atoms with Crippen molar-refractivity contribution in [3.8, 4) is 11.5 Å². The summed E-state index contributed by atoms with van der Waals surface area (Å²) in [5.41, 5.74) is 5.26. The van der Waals surface area contributed by atoms with Gasteiger partial charge in [0.15, 0.2) is 0 Å². The summed E-state index contributed by atoms with van der Waals surface area (Å²) in [4.78, 5) is 11.9. The maximum Gasteiger partial charge on any atom is 0.244 e. The Bertz CT molecular complexity index is 889. The molecule has 27 heavy (non-hydrogen) atoms. The van der Waals surface area contributed by atoms with Crippen molar-refractivity contribution in [1.82, 2.24) is 5.43 Å². The van der Waals surface area contributed by atoms with Crippen LogP contribution in [0, 0.1) is 0 Å². The predicted molar refractivity (Wildman–Crippen MR) is 105 cm³/mol. The van der Waals surface area contributed by atoms with Crippen molar-refractivity contribution in [2.45, 2.75) is 13.0 Å². The molecule has 0 bridgehead atoms. The Balaban J connectivity index is 1.46. The quantitative estimate of drug-likeness (QED) is 0.499. The standard InChI is InChI=1S/C22H20N2O3/c25-20-10-6-17(7-11-20)14-22(26)24-23-15-18-8-12-21(13-9-18)27-16-19-4-2-1-3-5-19/h1-13,15,25H,14,16H2,(H,24,26)/b23-15-. The van der Waals surface area contributed by atoms with E-state index >= 15 is 0 Å². The van der Waals surface area contributed by atoms with Crippen LogP contribution in [0.15, 0.2) is 84.0 Å². The van der Waals surface area contributed by atoms with Crippen LogP contribution < -0.4 is 10.2 Å². The lowest BCUT2D eigenvalue weighted by molar-refractivity contribution is -0.120. The van der Waals surface area contributed by atoms with E-state index < -0.39 is 0 Å². The first-order valence-electron chi connectivity index (χ1n) is 8.56. The van der Waals surface area contributed by atoms with Gasteiger partial charge in [-0.1, -0.05) is 42.5 Å². The van der Waals surface area contributed by atoms with Crippen molar-refractivity contribution < 1.29 is 14.6 Å². The molecule has 136 valence electrons. The lowest BCUT2D eigenvalue weighted by Crippen LogP contribution is -2.19. The number of benzene rings is 3. The first-order chi connectivity index (χ1) is 13.2. The zero-order valence-electron chi connectivity index (χ0n) is 14.7. The van der Waals surface area contributed by atoms with E-state index in [2.05, 4.69) is 10.5 Å². The van der Waals surface area contributed by atoms with Crippen molar-refractivity contribution in [2.24, 2.45) is 5.10 Å². The molecule has 0 saturated heterocycles. The number of hydrazone groups is 1. The van der Waals surface area contributed by atoms with Crippen LogP contribution in [-0.2, 0) is 17.8 Å². The Morgan fingerprint density at radius 3 is 2.33 bits per heavy atom. The third-order valence-corrected chi connectivity index (χ3v) is 3.83. The summed E-state index contributed by atoms with van der Waals surface area (Å²) in [7, 11) is 0. The fourth-order valence-electron chi connectivity index (χ4n) is 2.41. The van der Waals surface area contributed by atoms with Crippen LogP contribution in [0.3, 0.4) is 0 Å². The normalized spacial score (nSPS) is 10.7. The van der Waals surface area contributed by atoms with Gasteiger partial charge in [0.2, 0.25) is 5.91 Å². The molecule has 0 heterocycles. The molecule has 2 N–H and O–H groups in total. The first kappa shape index (κ1) is 18.2. The van der Waals surface area contributed by atoms with E-state index in [0.29, 0.717) is 6.61 Å². The fraction of sp³-hybridized carbons (Fsp3) is 0.0909. The number of hydrogen-bond donors (Lipinski definition) is 2. The average molecular weight is 360 g/mol. The number of phenolic OH excluding ortho intramolecular Hbond substituents is 1. The van der Waals surface area contributed by atoms with Crippen LogP contribution in [0.25, 0.3) is 0 Å². The maximum absolute atomic E-state index is 11.9. The summed E-state index contributed by atoms with van der Waals surface area (Å²) in [5.74, 6) is 0.723. The molecule has 3 rings (SSSR count). The molecule has 0 atom stereocenters. The molecule has 0 aliphatic rings. The Morgan fingerprint density at radius 2 is 1.63 bits per heavy atom. The summed E-state index contributed by atoms with van der Waals surface area (Å²) in [6, 6.07) is 23.9. The van der Waals surface area contributed by atoms with E-state index in [1.54, 1.807) is 30.5 Å². The third-order valence-electron chi connectivity index (χ3n) is 3.83. The second kappa shape index (κ2) is 9.20. The molecule has 3 aromatic rings. The number of hydrogen-bond acceptors (Lipinski definition) is 4. The van der Waals surface area contributed by atoms with Crippen molar-refractivity contribution >= 4 is 12.1 Å². The maximum atomic E-state index is 11.9. The number of aromatic hydroxyl groups is 1. The van der Waals surface area contributed by atoms with Crippen LogP contribution in [0.2, 0.25) is 0 Å². The van der Waals surface area contributed by atoms with Gasteiger partial charge in [0.25, 0.3) is 0 Å². The highest BCUT2D eigenvalue weighted by atomic mass is 16.5. The summed E-state index contributed by atoms with van der Waals surface area (Å²) >= 11 is 0. The smallest absolute Gasteiger partial charge is 0.244 e. The van der Waals surface area contributed by atoms with Gasteiger partial charge in [-0.25, -0.2) is 5.43 Å². The highest BCUT2D eigenvalue weighted by molar-refractivity contribution is 5.83. The van der Waals surface area contributed by atoms with E-state index in [1.165, 1.54) is 0 Å². The van der Waals surface area contributed by atoms with Gasteiger partial charge in [0.1, 0.15) is 18.1 Å². The number of rotatable bonds is 7. The minimum atomic E-state index is -0.222. The van der Waals surface area contributed by atoms with Gasteiger partial charge >= 0.3 is 0 Å². The predicted octanol–water partition coefficient (Wildman–Crippen LogP) is 3.66. The molecular formula is C22H20N2O3. The highest BCUT2D eigenvalue weighted by Crippen LogP contribution is 2.13. The fourth-order valence-corrected chi connectivity index (χ4v) is 2.41. The zero-order chi connectivity index (χ0) is 18.9. The first-order valence-corrected chi connectivity index (χ1v) is 8.56. The number of carbonyl (C=O) groups excluding carboxylic acids is 1. The molecule has 3 aromatic carbocycles. The molecule has 0 fully saturated rings. The summed E-state index contributed by atoms with van der Waals surface area (Å²) in [6.45, 7) is 0.515. The van der Waals surface area contributed by atoms with Crippen LogP contribution in [-0.4, -0.2) is 17.2 Å². The second-order valence-electron chi connectivity index (χ2n) is 5.98. The number of carbonyl (C=O) groups is 1. The number of amides is 1. The number of nitrogens with one attached hydrogen (secondary N) is 1. The summed E-state index contributed by atoms with van der Waals surface area (Å²) < 4.78 is 5.73. The van der Waals surface area contributed by atoms with Gasteiger partial charge in [0.05, 0.1) is 12.6 Å². The molecule has 0 aliphatic heterocycles. The van der Waals surface area contributed by atoms with Crippen molar-refractivity contribution in [2.75, 3.05) is 0 Å². The van der Waals surface area contributed by atoms with E-state index in [-0.39, 0.29) is 18.1 Å². The van der Waals surface area contributed by atoms with E-state index in [9.17, 15) is 9.90 Å². The molecule has 0 aromatic heterocycles. The zero-order valence-corrected chi connectivity index (χ0v) is 14.7. The third kappa shape index (κ3) is 6.01. The van der Waals surface area contributed by atoms with Gasteiger partial charge in [0, 0.05) is 0 Å². The van der Waals surface area contributed by atoms with Crippen LogP contribution in [0.1, 0.15) is 16.7 Å². The van der Waals surface area contributed by atoms with Crippen molar-refractivity contribution in [3.05, 3.63) is 95.6 Å². The monoisotopic (exact) mass is 360 g/mol. The van der Waals surface area contributed by atoms with Gasteiger partial charge in [-0.3, -0.25) is 4.79 Å². The van der Waals surface area contributed by atoms with E-state index in [4.69, 9.17) is 4.74 Å². The minimum absolute atomic E-state index is 0.174. The summed E-state index contributed by atoms with van der Waals surface area (Å²) in [6.07, 6.45) is 1.78. The molecule has 0 aliphatic carbocycles. The minimum Gasteiger partial charge on any atom is -0.508 e. The van der Waals surface area contributed by atoms with Gasteiger partial charge in [-0.05, 0) is 53.1 Å². The van der Waals surface area contributed by atoms with Gasteiger partial charge in [-0.2, -0.15) is 5.10 Å². The average Bonchev–Trinajstić information content (AvgIpc) is 2.70. The Hall–Kier alpha value is -3.60. The van der Waals surface area contributed by atoms with Gasteiger partial charge < -0.3 is 9.84 Å². The number of nitrogens with zero attached hydrogens (tertiary/aromatic N) is 1. The molecule has 5 heteroatoms. The Morgan fingerprint density at radius 1 is 0.926 bits per heavy atom. The van der Waals surface area contributed by atoms with Crippen LogP contribution >= 0.6 is 0 Å². The molecule has 0 unspecified atom stereocenters. The van der Waals surface area contributed by atoms with Crippen LogP contribution in [0.4, 0.5) is 0 Å². The van der Waals surface area contributed by atoms with Crippen molar-refractivity contribution in [1.29, 1.82) is 0 Å². The summed E-state index contributed by atoms with van der Waals surface area (Å²) in [5, 5.41) is 13.2. The molecule has 0 saturated carbocycles.